The van der Waals surface area contributed by atoms with Crippen molar-refractivity contribution in [3.63, 3.8) is 0 Å². The zero-order valence-corrected chi connectivity index (χ0v) is 16.9. The van der Waals surface area contributed by atoms with Crippen LogP contribution in [0.2, 0.25) is 0 Å². The van der Waals surface area contributed by atoms with Gasteiger partial charge in [0.15, 0.2) is 4.34 Å². The summed E-state index contributed by atoms with van der Waals surface area (Å²) in [5.41, 5.74) is 0.875. The van der Waals surface area contributed by atoms with Crippen molar-refractivity contribution in [3.05, 3.63) is 24.3 Å². The summed E-state index contributed by atoms with van der Waals surface area (Å²) in [6, 6.07) is 7.85. The van der Waals surface area contributed by atoms with Gasteiger partial charge < -0.3 is 10.4 Å². The van der Waals surface area contributed by atoms with E-state index < -0.39 is 11.2 Å². The van der Waals surface area contributed by atoms with Crippen LogP contribution in [0.3, 0.4) is 0 Å². The van der Waals surface area contributed by atoms with Crippen molar-refractivity contribution in [3.8, 4) is 0 Å². The minimum atomic E-state index is -0.974. The lowest BCUT2D eigenvalue weighted by atomic mass is 10.1. The Hall–Kier alpha value is -1.60. The fourth-order valence-corrected chi connectivity index (χ4v) is 4.99. The highest BCUT2D eigenvalue weighted by Crippen LogP contribution is 2.33. The number of carboxylic acids is 1. The lowest BCUT2D eigenvalue weighted by Crippen LogP contribution is -2.40. The molecule has 2 aromatic rings. The molecule has 0 spiro atoms. The molecule has 0 saturated carbocycles. The third kappa shape index (κ3) is 6.29. The average Bonchev–Trinajstić information content (AvgIpc) is 3.02. The average molecular weight is 395 g/mol. The maximum Gasteiger partial charge on any atom is 0.305 e. The molecule has 0 radical (unpaired) electrons. The Balaban J connectivity index is 2.04. The van der Waals surface area contributed by atoms with Crippen molar-refractivity contribution in [1.29, 1.82) is 0 Å². The fourth-order valence-electron chi connectivity index (χ4n) is 2.68. The highest BCUT2D eigenvalue weighted by molar-refractivity contribution is 8.02. The second-order valence-electron chi connectivity index (χ2n) is 6.26. The van der Waals surface area contributed by atoms with Gasteiger partial charge in [0.2, 0.25) is 5.91 Å². The largest absolute Gasteiger partial charge is 0.481 e. The van der Waals surface area contributed by atoms with E-state index in [4.69, 9.17) is 0 Å². The molecule has 0 saturated heterocycles. The van der Waals surface area contributed by atoms with E-state index in [1.165, 1.54) is 23.1 Å². The van der Waals surface area contributed by atoms with Crippen LogP contribution in [-0.4, -0.2) is 33.3 Å². The number of carbonyl (C=O) groups is 2. The summed E-state index contributed by atoms with van der Waals surface area (Å²) in [7, 11) is 0. The van der Waals surface area contributed by atoms with E-state index >= 15 is 0 Å². The number of carboxylic acid groups (broad SMARTS) is 1. The topological polar surface area (TPSA) is 79.3 Å². The Morgan fingerprint density at radius 2 is 2.04 bits per heavy atom. The number of fused-ring (bicyclic) bond motifs is 1. The number of carbonyl (C=O) groups excluding carboxylic acids is 1. The molecule has 2 rings (SSSR count). The second-order valence-corrected chi connectivity index (χ2v) is 8.74. The second kappa shape index (κ2) is 10.5. The summed E-state index contributed by atoms with van der Waals surface area (Å²) >= 11 is 2.74. The maximum atomic E-state index is 12.7. The number of benzene rings is 1. The van der Waals surface area contributed by atoms with Gasteiger partial charge in [-0.3, -0.25) is 9.59 Å². The first-order valence-corrected chi connectivity index (χ1v) is 10.8. The van der Waals surface area contributed by atoms with Crippen LogP contribution in [0.4, 0.5) is 0 Å². The van der Waals surface area contributed by atoms with Crippen LogP contribution in [0.5, 0.6) is 0 Å². The highest BCUT2D eigenvalue weighted by atomic mass is 32.2. The minimum Gasteiger partial charge on any atom is -0.481 e. The molecule has 0 bridgehead atoms. The molecule has 0 aliphatic carbocycles. The van der Waals surface area contributed by atoms with Gasteiger partial charge in [-0.1, -0.05) is 57.0 Å². The number of nitrogens with zero attached hydrogens (tertiary/aromatic N) is 1. The number of thioether (sulfide) groups is 1. The normalized spacial score (nSPS) is 13.5. The zero-order chi connectivity index (χ0) is 18.9. The van der Waals surface area contributed by atoms with Crippen molar-refractivity contribution in [1.82, 2.24) is 10.3 Å². The van der Waals surface area contributed by atoms with Gasteiger partial charge in [-0.05, 0) is 25.0 Å². The monoisotopic (exact) mass is 394 g/mol. The SMILES string of the molecule is CCCCCC(CC)NC(=O)C(CC(=O)O)Sc1nc2ccccc2s1. The molecular formula is C19H26N2O3S2. The van der Waals surface area contributed by atoms with Crippen LogP contribution in [-0.2, 0) is 9.59 Å². The molecule has 0 aliphatic rings. The van der Waals surface area contributed by atoms with Crippen molar-refractivity contribution in [2.45, 2.75) is 68.0 Å². The molecule has 2 atom stereocenters. The number of hydrogen-bond donors (Lipinski definition) is 2. The predicted octanol–water partition coefficient (Wildman–Crippen LogP) is 4.71. The summed E-state index contributed by atoms with van der Waals surface area (Å²) in [5, 5.41) is 11.6. The lowest BCUT2D eigenvalue weighted by molar-refractivity contribution is -0.138. The Morgan fingerprint density at radius 1 is 1.27 bits per heavy atom. The number of thiazole rings is 1. The maximum absolute atomic E-state index is 12.7. The van der Waals surface area contributed by atoms with Crippen molar-refractivity contribution in [2.24, 2.45) is 0 Å². The Bertz CT molecular complexity index is 699. The van der Waals surface area contributed by atoms with Gasteiger partial charge in [-0.15, -0.1) is 11.3 Å². The molecule has 2 unspecified atom stereocenters. The van der Waals surface area contributed by atoms with Crippen molar-refractivity contribution in [2.75, 3.05) is 0 Å². The van der Waals surface area contributed by atoms with Gasteiger partial charge in [0.05, 0.1) is 16.6 Å². The quantitative estimate of drug-likeness (QED) is 0.426. The summed E-state index contributed by atoms with van der Waals surface area (Å²) in [4.78, 5) is 28.4. The number of nitrogens with one attached hydrogen (secondary N) is 1. The molecule has 26 heavy (non-hydrogen) atoms. The van der Waals surface area contributed by atoms with Crippen molar-refractivity contribution < 1.29 is 14.7 Å². The molecular weight excluding hydrogens is 368 g/mol. The first-order chi connectivity index (χ1) is 12.5. The summed E-state index contributed by atoms with van der Waals surface area (Å²) < 4.78 is 1.77. The van der Waals surface area contributed by atoms with Crippen LogP contribution in [0.1, 0.15) is 52.4 Å². The van der Waals surface area contributed by atoms with Gasteiger partial charge in [0.1, 0.15) is 5.25 Å². The third-order valence-corrected chi connectivity index (χ3v) is 6.49. The molecule has 1 amide bonds. The van der Waals surface area contributed by atoms with Crippen molar-refractivity contribution >= 4 is 45.2 Å². The minimum absolute atomic E-state index is 0.0984. The lowest BCUT2D eigenvalue weighted by Gasteiger charge is -2.20. The first-order valence-electron chi connectivity index (χ1n) is 9.07. The van der Waals surface area contributed by atoms with E-state index in [2.05, 4.69) is 17.2 Å². The van der Waals surface area contributed by atoms with E-state index in [9.17, 15) is 14.7 Å². The van der Waals surface area contributed by atoms with Crippen LogP contribution in [0.15, 0.2) is 28.6 Å². The van der Waals surface area contributed by atoms with E-state index in [-0.39, 0.29) is 18.4 Å². The molecule has 0 aliphatic heterocycles. The fraction of sp³-hybridized carbons (Fsp3) is 0.526. The van der Waals surface area contributed by atoms with Crippen LogP contribution in [0.25, 0.3) is 10.2 Å². The molecule has 1 heterocycles. The van der Waals surface area contributed by atoms with Crippen LogP contribution in [0, 0.1) is 0 Å². The van der Waals surface area contributed by atoms with E-state index in [0.717, 1.165) is 46.7 Å². The van der Waals surface area contributed by atoms with Gasteiger partial charge in [-0.2, -0.15) is 0 Å². The van der Waals surface area contributed by atoms with Gasteiger partial charge in [-0.25, -0.2) is 4.98 Å². The van der Waals surface area contributed by atoms with E-state index in [1.807, 2.05) is 31.2 Å². The summed E-state index contributed by atoms with van der Waals surface area (Å²) in [5.74, 6) is -1.18. The molecule has 1 aromatic heterocycles. The number of aromatic nitrogens is 1. The van der Waals surface area contributed by atoms with Gasteiger partial charge in [0, 0.05) is 6.04 Å². The van der Waals surface area contributed by atoms with E-state index in [0.29, 0.717) is 0 Å². The standard InChI is InChI=1S/C19H26N2O3S2/c1-3-5-6-9-13(4-2)20-18(24)16(12-17(22)23)26-19-21-14-10-7-8-11-15(14)25-19/h7-8,10-11,13,16H,3-6,9,12H2,1-2H3,(H,20,24)(H,22,23). The molecule has 7 heteroatoms. The van der Waals surface area contributed by atoms with Crippen LogP contribution < -0.4 is 5.32 Å². The van der Waals surface area contributed by atoms with Crippen LogP contribution >= 0.6 is 23.1 Å². The summed E-state index contributed by atoms with van der Waals surface area (Å²) in [6.45, 7) is 4.20. The number of unbranched alkanes of at least 4 members (excludes halogenated alkanes) is 2. The molecule has 0 fully saturated rings. The zero-order valence-electron chi connectivity index (χ0n) is 15.2. The molecule has 142 valence electrons. The Kier molecular flexibility index (Phi) is 8.38. The number of rotatable bonds is 11. The third-order valence-electron chi connectivity index (χ3n) is 4.17. The number of amides is 1. The number of para-hydroxylation sites is 1. The van der Waals surface area contributed by atoms with Gasteiger partial charge >= 0.3 is 5.97 Å². The highest BCUT2D eigenvalue weighted by Gasteiger charge is 2.26. The first kappa shape index (κ1) is 20.7. The summed E-state index contributed by atoms with van der Waals surface area (Å²) in [6.07, 6.45) is 4.93. The number of hydrogen-bond acceptors (Lipinski definition) is 5. The van der Waals surface area contributed by atoms with Gasteiger partial charge in [0.25, 0.3) is 0 Å². The Labute approximate surface area is 162 Å². The predicted molar refractivity (Wildman–Crippen MR) is 108 cm³/mol. The number of aliphatic carboxylic acids is 1. The van der Waals surface area contributed by atoms with E-state index in [1.54, 1.807) is 0 Å². The molecule has 2 N–H and O–H groups in total. The molecule has 1 aromatic carbocycles. The smallest absolute Gasteiger partial charge is 0.305 e. The molecule has 5 nitrogen and oxygen atoms in total. The Morgan fingerprint density at radius 3 is 2.69 bits per heavy atom.